The molecule has 0 radical (unpaired) electrons. The first kappa shape index (κ1) is 10.3. The standard InChI is InChI=1S/C13H17N5/c1-9-5-12(18-13(16-9)14-8-15-18)17-6-10-3-2-4-11(10)7-17/h5,8,10-11H,2-4,6-7H2,1H3/t10-,11-/m1/s1. The van der Waals surface area contributed by atoms with Crippen LogP contribution in [0.2, 0.25) is 0 Å². The Bertz CT molecular complexity index is 578. The van der Waals surface area contributed by atoms with E-state index < -0.39 is 0 Å². The molecule has 5 nitrogen and oxygen atoms in total. The molecule has 1 saturated carbocycles. The Hall–Kier alpha value is -1.65. The zero-order chi connectivity index (χ0) is 12.1. The highest BCUT2D eigenvalue weighted by atomic mass is 15.4. The summed E-state index contributed by atoms with van der Waals surface area (Å²) in [5, 5.41) is 4.30. The lowest BCUT2D eigenvalue weighted by atomic mass is 10.0. The van der Waals surface area contributed by atoms with Gasteiger partial charge in [-0.05, 0) is 31.6 Å². The normalized spacial score (nSPS) is 27.1. The van der Waals surface area contributed by atoms with Crippen LogP contribution in [-0.4, -0.2) is 32.7 Å². The van der Waals surface area contributed by atoms with Crippen LogP contribution in [0, 0.1) is 18.8 Å². The summed E-state index contributed by atoms with van der Waals surface area (Å²) in [7, 11) is 0. The molecule has 3 heterocycles. The van der Waals surface area contributed by atoms with Crippen molar-refractivity contribution in [2.75, 3.05) is 18.0 Å². The van der Waals surface area contributed by atoms with Crippen molar-refractivity contribution in [2.45, 2.75) is 26.2 Å². The minimum atomic E-state index is 0.710. The predicted octanol–water partition coefficient (Wildman–Crippen LogP) is 1.67. The third-order valence-corrected chi connectivity index (χ3v) is 4.41. The molecule has 1 aliphatic carbocycles. The summed E-state index contributed by atoms with van der Waals surface area (Å²) >= 11 is 0. The second-order valence-corrected chi connectivity index (χ2v) is 5.58. The third-order valence-electron chi connectivity index (χ3n) is 4.41. The minimum absolute atomic E-state index is 0.710. The lowest BCUT2D eigenvalue weighted by Crippen LogP contribution is -2.24. The van der Waals surface area contributed by atoms with Crippen molar-refractivity contribution in [3.05, 3.63) is 18.1 Å². The average Bonchev–Trinajstić information content (AvgIpc) is 3.01. The van der Waals surface area contributed by atoms with E-state index in [1.807, 2.05) is 11.4 Å². The summed E-state index contributed by atoms with van der Waals surface area (Å²) in [5.74, 6) is 3.64. The minimum Gasteiger partial charge on any atom is -0.356 e. The fourth-order valence-electron chi connectivity index (χ4n) is 3.56. The Balaban J connectivity index is 1.76. The molecule has 0 amide bonds. The zero-order valence-electron chi connectivity index (χ0n) is 10.6. The zero-order valence-corrected chi connectivity index (χ0v) is 10.6. The monoisotopic (exact) mass is 243 g/mol. The molecule has 1 saturated heterocycles. The van der Waals surface area contributed by atoms with E-state index in [0.717, 1.165) is 23.3 Å². The quantitative estimate of drug-likeness (QED) is 0.764. The van der Waals surface area contributed by atoms with Gasteiger partial charge in [0.1, 0.15) is 12.1 Å². The van der Waals surface area contributed by atoms with Crippen molar-refractivity contribution >= 4 is 11.6 Å². The van der Waals surface area contributed by atoms with Gasteiger partial charge in [0.05, 0.1) is 0 Å². The van der Waals surface area contributed by atoms with Crippen LogP contribution in [0.1, 0.15) is 25.0 Å². The molecule has 1 aliphatic heterocycles. The molecule has 2 aliphatic rings. The smallest absolute Gasteiger partial charge is 0.254 e. The van der Waals surface area contributed by atoms with E-state index >= 15 is 0 Å². The van der Waals surface area contributed by atoms with Crippen LogP contribution in [0.25, 0.3) is 5.78 Å². The number of aryl methyl sites for hydroxylation is 1. The van der Waals surface area contributed by atoms with Gasteiger partial charge in [-0.15, -0.1) is 0 Å². The fourth-order valence-corrected chi connectivity index (χ4v) is 3.56. The van der Waals surface area contributed by atoms with E-state index in [-0.39, 0.29) is 0 Å². The number of aromatic nitrogens is 4. The van der Waals surface area contributed by atoms with E-state index in [0.29, 0.717) is 5.78 Å². The molecule has 0 N–H and O–H groups in total. The first-order valence-corrected chi connectivity index (χ1v) is 6.73. The van der Waals surface area contributed by atoms with Gasteiger partial charge in [0.2, 0.25) is 0 Å². The molecule has 0 bridgehead atoms. The molecule has 18 heavy (non-hydrogen) atoms. The van der Waals surface area contributed by atoms with Gasteiger partial charge in [0.15, 0.2) is 0 Å². The Kier molecular flexibility index (Phi) is 2.10. The van der Waals surface area contributed by atoms with Gasteiger partial charge in [-0.3, -0.25) is 0 Å². The summed E-state index contributed by atoms with van der Waals surface area (Å²) in [6.45, 7) is 4.36. The Labute approximate surface area is 106 Å². The topological polar surface area (TPSA) is 46.3 Å². The van der Waals surface area contributed by atoms with Crippen molar-refractivity contribution in [3.63, 3.8) is 0 Å². The molecule has 0 unspecified atom stereocenters. The molecular weight excluding hydrogens is 226 g/mol. The fraction of sp³-hybridized carbons (Fsp3) is 0.615. The van der Waals surface area contributed by atoms with Gasteiger partial charge >= 0.3 is 0 Å². The SMILES string of the molecule is Cc1cc(N2C[C@H]3CCC[C@@H]3C2)n2ncnc2n1. The van der Waals surface area contributed by atoms with Crippen LogP contribution in [0.3, 0.4) is 0 Å². The summed E-state index contributed by atoms with van der Waals surface area (Å²) in [5.41, 5.74) is 1.02. The van der Waals surface area contributed by atoms with E-state index in [1.54, 1.807) is 6.33 Å². The van der Waals surface area contributed by atoms with Crippen LogP contribution in [0.15, 0.2) is 12.4 Å². The lowest BCUT2D eigenvalue weighted by Gasteiger charge is -2.20. The Morgan fingerprint density at radius 3 is 2.78 bits per heavy atom. The highest BCUT2D eigenvalue weighted by Gasteiger charge is 2.37. The average molecular weight is 243 g/mol. The van der Waals surface area contributed by atoms with E-state index in [4.69, 9.17) is 0 Å². The maximum atomic E-state index is 4.40. The largest absolute Gasteiger partial charge is 0.356 e. The number of hydrogen-bond donors (Lipinski definition) is 0. The number of anilines is 1. The maximum absolute atomic E-state index is 4.40. The van der Waals surface area contributed by atoms with E-state index in [1.165, 1.54) is 32.4 Å². The van der Waals surface area contributed by atoms with Gasteiger partial charge in [0.25, 0.3) is 5.78 Å². The number of fused-ring (bicyclic) bond motifs is 2. The van der Waals surface area contributed by atoms with E-state index in [9.17, 15) is 0 Å². The van der Waals surface area contributed by atoms with Crippen molar-refractivity contribution < 1.29 is 0 Å². The van der Waals surface area contributed by atoms with Crippen molar-refractivity contribution in [2.24, 2.45) is 11.8 Å². The molecule has 4 rings (SSSR count). The number of rotatable bonds is 1. The van der Waals surface area contributed by atoms with Crippen molar-refractivity contribution in [1.29, 1.82) is 0 Å². The Morgan fingerprint density at radius 2 is 2.00 bits per heavy atom. The van der Waals surface area contributed by atoms with Gasteiger partial charge in [-0.1, -0.05) is 6.42 Å². The van der Waals surface area contributed by atoms with Gasteiger partial charge < -0.3 is 4.90 Å². The second-order valence-electron chi connectivity index (χ2n) is 5.58. The molecule has 2 fully saturated rings. The molecule has 94 valence electrons. The number of nitrogens with zero attached hydrogens (tertiary/aromatic N) is 5. The lowest BCUT2D eigenvalue weighted by molar-refractivity contribution is 0.494. The molecule has 2 aromatic heterocycles. The first-order chi connectivity index (χ1) is 8.81. The third kappa shape index (κ3) is 1.43. The van der Waals surface area contributed by atoms with Gasteiger partial charge in [-0.2, -0.15) is 14.6 Å². The maximum Gasteiger partial charge on any atom is 0.254 e. The molecule has 5 heteroatoms. The summed E-state index contributed by atoms with van der Waals surface area (Å²) in [6, 6.07) is 2.13. The van der Waals surface area contributed by atoms with Crippen LogP contribution >= 0.6 is 0 Å². The van der Waals surface area contributed by atoms with Gasteiger partial charge in [0, 0.05) is 24.8 Å². The van der Waals surface area contributed by atoms with E-state index in [2.05, 4.69) is 26.0 Å². The summed E-state index contributed by atoms with van der Waals surface area (Å²) in [4.78, 5) is 11.1. The second kappa shape index (κ2) is 3.67. The molecule has 0 spiro atoms. The molecule has 2 aromatic rings. The molecular formula is C13H17N5. The molecule has 0 aromatic carbocycles. The van der Waals surface area contributed by atoms with Crippen molar-refractivity contribution in [1.82, 2.24) is 19.6 Å². The van der Waals surface area contributed by atoms with Crippen LogP contribution in [0.5, 0.6) is 0 Å². The van der Waals surface area contributed by atoms with Crippen LogP contribution in [0.4, 0.5) is 5.82 Å². The Morgan fingerprint density at radius 1 is 1.22 bits per heavy atom. The van der Waals surface area contributed by atoms with Crippen LogP contribution < -0.4 is 4.90 Å². The highest BCUT2D eigenvalue weighted by molar-refractivity contribution is 5.48. The molecule has 2 atom stereocenters. The predicted molar refractivity (Wildman–Crippen MR) is 68.6 cm³/mol. The highest BCUT2D eigenvalue weighted by Crippen LogP contribution is 2.39. The summed E-state index contributed by atoms with van der Waals surface area (Å²) in [6.07, 6.45) is 5.79. The van der Waals surface area contributed by atoms with Crippen molar-refractivity contribution in [3.8, 4) is 0 Å². The number of hydrogen-bond acceptors (Lipinski definition) is 4. The summed E-state index contributed by atoms with van der Waals surface area (Å²) < 4.78 is 1.87. The first-order valence-electron chi connectivity index (χ1n) is 6.73. The van der Waals surface area contributed by atoms with Crippen LogP contribution in [-0.2, 0) is 0 Å². The van der Waals surface area contributed by atoms with Gasteiger partial charge in [-0.25, -0.2) is 4.98 Å².